The van der Waals surface area contributed by atoms with Crippen LogP contribution in [0, 0.1) is 0 Å². The van der Waals surface area contributed by atoms with Gasteiger partial charge in [0.2, 0.25) is 5.91 Å². The molecule has 1 aromatic heterocycles. The monoisotopic (exact) mass is 348 g/mol. The molecule has 1 atom stereocenters. The van der Waals surface area contributed by atoms with Crippen LogP contribution in [0.15, 0.2) is 35.7 Å². The van der Waals surface area contributed by atoms with Crippen molar-refractivity contribution in [3.63, 3.8) is 0 Å². The van der Waals surface area contributed by atoms with Crippen molar-refractivity contribution in [3.05, 3.63) is 40.6 Å². The molecule has 0 radical (unpaired) electrons. The van der Waals surface area contributed by atoms with Crippen LogP contribution in [0.3, 0.4) is 0 Å². The Balaban J connectivity index is 1.79. The molecule has 0 aliphatic rings. The summed E-state index contributed by atoms with van der Waals surface area (Å²) in [6, 6.07) is 9.61. The summed E-state index contributed by atoms with van der Waals surface area (Å²) >= 11 is 1.75. The second-order valence-electron chi connectivity index (χ2n) is 5.50. The lowest BCUT2D eigenvalue weighted by atomic mass is 10.2. The van der Waals surface area contributed by atoms with E-state index in [1.165, 1.54) is 4.88 Å². The zero-order valence-corrected chi connectivity index (χ0v) is 15.1. The molecule has 130 valence electrons. The molecule has 0 bridgehead atoms. The summed E-state index contributed by atoms with van der Waals surface area (Å²) in [6.45, 7) is 2.88. The first-order valence-electron chi connectivity index (χ1n) is 7.90. The van der Waals surface area contributed by atoms with Gasteiger partial charge < -0.3 is 20.1 Å². The third-order valence-electron chi connectivity index (χ3n) is 3.62. The number of thiophene rings is 1. The summed E-state index contributed by atoms with van der Waals surface area (Å²) in [5.41, 5.74) is 0.647. The van der Waals surface area contributed by atoms with Crippen molar-refractivity contribution in [3.8, 4) is 11.5 Å². The average molecular weight is 348 g/mol. The maximum Gasteiger partial charge on any atom is 0.226 e. The third kappa shape index (κ3) is 5.54. The molecule has 2 rings (SSSR count). The molecule has 24 heavy (non-hydrogen) atoms. The second kappa shape index (κ2) is 9.30. The summed E-state index contributed by atoms with van der Waals surface area (Å²) < 4.78 is 10.4. The largest absolute Gasteiger partial charge is 0.497 e. The Bertz CT molecular complexity index is 644. The molecule has 0 saturated heterocycles. The van der Waals surface area contributed by atoms with E-state index in [0.29, 0.717) is 23.6 Å². The predicted molar refractivity (Wildman–Crippen MR) is 98.3 cm³/mol. The molecule has 1 unspecified atom stereocenters. The molecular weight excluding hydrogens is 324 g/mol. The van der Waals surface area contributed by atoms with Crippen molar-refractivity contribution in [2.75, 3.05) is 26.1 Å². The highest BCUT2D eigenvalue weighted by atomic mass is 32.1. The van der Waals surface area contributed by atoms with Gasteiger partial charge in [0, 0.05) is 30.0 Å². The van der Waals surface area contributed by atoms with E-state index in [1.807, 2.05) is 6.92 Å². The van der Waals surface area contributed by atoms with Gasteiger partial charge in [0.1, 0.15) is 11.5 Å². The summed E-state index contributed by atoms with van der Waals surface area (Å²) in [7, 11) is 3.16. The first-order chi connectivity index (χ1) is 11.6. The highest BCUT2D eigenvalue weighted by molar-refractivity contribution is 7.09. The summed E-state index contributed by atoms with van der Waals surface area (Å²) in [5, 5.41) is 8.35. The average Bonchev–Trinajstić information content (AvgIpc) is 3.08. The minimum Gasteiger partial charge on any atom is -0.497 e. The Labute approximate surface area is 147 Å². The number of rotatable bonds is 9. The van der Waals surface area contributed by atoms with Crippen molar-refractivity contribution < 1.29 is 14.3 Å². The van der Waals surface area contributed by atoms with E-state index in [9.17, 15) is 4.79 Å². The number of amides is 1. The summed E-state index contributed by atoms with van der Waals surface area (Å²) in [5.74, 6) is 1.23. The Morgan fingerprint density at radius 3 is 2.75 bits per heavy atom. The molecule has 0 spiro atoms. The van der Waals surface area contributed by atoms with Crippen LogP contribution in [0.5, 0.6) is 11.5 Å². The van der Waals surface area contributed by atoms with Crippen LogP contribution in [0.2, 0.25) is 0 Å². The van der Waals surface area contributed by atoms with Gasteiger partial charge in [-0.3, -0.25) is 4.79 Å². The molecule has 2 N–H and O–H groups in total. The normalized spacial score (nSPS) is 11.8. The number of nitrogens with one attached hydrogen (secondary N) is 2. The Morgan fingerprint density at radius 1 is 1.25 bits per heavy atom. The van der Waals surface area contributed by atoms with Gasteiger partial charge in [-0.15, -0.1) is 11.3 Å². The van der Waals surface area contributed by atoms with Crippen LogP contribution < -0.4 is 20.1 Å². The van der Waals surface area contributed by atoms with Crippen molar-refractivity contribution in [1.29, 1.82) is 0 Å². The van der Waals surface area contributed by atoms with E-state index in [1.54, 1.807) is 43.8 Å². The first kappa shape index (κ1) is 18.3. The summed E-state index contributed by atoms with van der Waals surface area (Å²) in [6.07, 6.45) is 1.38. The molecule has 1 heterocycles. The van der Waals surface area contributed by atoms with Gasteiger partial charge in [0.15, 0.2) is 0 Å². The Hall–Kier alpha value is -2.05. The van der Waals surface area contributed by atoms with Crippen molar-refractivity contribution >= 4 is 22.9 Å². The van der Waals surface area contributed by atoms with Gasteiger partial charge >= 0.3 is 0 Å². The molecule has 0 aliphatic carbocycles. The van der Waals surface area contributed by atoms with Gasteiger partial charge in [-0.25, -0.2) is 0 Å². The number of anilines is 1. The van der Waals surface area contributed by atoms with Crippen LogP contribution in [-0.4, -0.2) is 32.7 Å². The lowest BCUT2D eigenvalue weighted by Crippen LogP contribution is -2.32. The minimum atomic E-state index is -0.0467. The lowest BCUT2D eigenvalue weighted by Gasteiger charge is -2.15. The molecule has 1 aromatic carbocycles. The standard InChI is InChI=1S/C18H24N2O3S/c1-13(19-9-8-15-5-4-10-24-15)11-18(21)20-16-7-6-14(22-2)12-17(16)23-3/h4-7,10,12-13,19H,8-9,11H2,1-3H3,(H,20,21). The quantitative estimate of drug-likeness (QED) is 0.730. The number of hydrogen-bond donors (Lipinski definition) is 2. The molecule has 2 aromatic rings. The second-order valence-corrected chi connectivity index (χ2v) is 6.54. The van der Waals surface area contributed by atoms with E-state index in [0.717, 1.165) is 13.0 Å². The SMILES string of the molecule is COc1ccc(NC(=O)CC(C)NCCc2cccs2)c(OC)c1. The van der Waals surface area contributed by atoms with Gasteiger partial charge in [0.25, 0.3) is 0 Å². The molecule has 0 aliphatic heterocycles. The van der Waals surface area contributed by atoms with E-state index in [2.05, 4.69) is 28.1 Å². The summed E-state index contributed by atoms with van der Waals surface area (Å²) in [4.78, 5) is 13.6. The Kier molecular flexibility index (Phi) is 7.08. The van der Waals surface area contributed by atoms with Gasteiger partial charge in [0.05, 0.1) is 19.9 Å². The van der Waals surface area contributed by atoms with Crippen molar-refractivity contribution in [2.45, 2.75) is 25.8 Å². The highest BCUT2D eigenvalue weighted by Gasteiger charge is 2.12. The maximum atomic E-state index is 12.2. The van der Waals surface area contributed by atoms with Gasteiger partial charge in [-0.05, 0) is 36.9 Å². The van der Waals surface area contributed by atoms with E-state index in [-0.39, 0.29) is 11.9 Å². The molecule has 5 nitrogen and oxygen atoms in total. The fraction of sp³-hybridized carbons (Fsp3) is 0.389. The number of methoxy groups -OCH3 is 2. The molecule has 6 heteroatoms. The van der Waals surface area contributed by atoms with Crippen molar-refractivity contribution in [1.82, 2.24) is 5.32 Å². The number of carbonyl (C=O) groups is 1. The number of ether oxygens (including phenoxy) is 2. The van der Waals surface area contributed by atoms with E-state index in [4.69, 9.17) is 9.47 Å². The zero-order valence-electron chi connectivity index (χ0n) is 14.3. The Morgan fingerprint density at radius 2 is 2.08 bits per heavy atom. The molecular formula is C18H24N2O3S. The third-order valence-corrected chi connectivity index (χ3v) is 4.55. The van der Waals surface area contributed by atoms with Crippen LogP contribution in [0.25, 0.3) is 0 Å². The van der Waals surface area contributed by atoms with Gasteiger partial charge in [-0.1, -0.05) is 6.07 Å². The number of benzene rings is 1. The van der Waals surface area contributed by atoms with E-state index < -0.39 is 0 Å². The zero-order chi connectivity index (χ0) is 17.4. The number of carbonyl (C=O) groups excluding carboxylic acids is 1. The van der Waals surface area contributed by atoms with Crippen LogP contribution in [-0.2, 0) is 11.2 Å². The smallest absolute Gasteiger partial charge is 0.226 e. The fourth-order valence-corrected chi connectivity index (χ4v) is 3.06. The molecule has 0 saturated carbocycles. The maximum absolute atomic E-state index is 12.2. The van der Waals surface area contributed by atoms with E-state index >= 15 is 0 Å². The minimum absolute atomic E-state index is 0.0467. The molecule has 0 fully saturated rings. The van der Waals surface area contributed by atoms with Crippen LogP contribution >= 0.6 is 11.3 Å². The number of hydrogen-bond acceptors (Lipinski definition) is 5. The first-order valence-corrected chi connectivity index (χ1v) is 8.78. The topological polar surface area (TPSA) is 59.6 Å². The van der Waals surface area contributed by atoms with Crippen LogP contribution in [0.4, 0.5) is 5.69 Å². The fourth-order valence-electron chi connectivity index (χ4n) is 2.35. The van der Waals surface area contributed by atoms with Gasteiger partial charge in [-0.2, -0.15) is 0 Å². The van der Waals surface area contributed by atoms with Crippen LogP contribution in [0.1, 0.15) is 18.2 Å². The lowest BCUT2D eigenvalue weighted by molar-refractivity contribution is -0.116. The molecule has 1 amide bonds. The van der Waals surface area contributed by atoms with Crippen molar-refractivity contribution in [2.24, 2.45) is 0 Å². The predicted octanol–water partition coefficient (Wildman–Crippen LogP) is 3.31. The highest BCUT2D eigenvalue weighted by Crippen LogP contribution is 2.29.